The van der Waals surface area contributed by atoms with Crippen LogP contribution >= 0.6 is 0 Å². The number of hydrogen-bond donors (Lipinski definition) is 1. The molecule has 1 N–H and O–H groups in total. The smallest absolute Gasteiger partial charge is 0.0118 e. The minimum Gasteiger partial charge on any atom is -0.314 e. The summed E-state index contributed by atoms with van der Waals surface area (Å²) in [6.45, 7) is 14.1. The Morgan fingerprint density at radius 3 is 2.38 bits per heavy atom. The van der Waals surface area contributed by atoms with Crippen LogP contribution in [0.4, 0.5) is 0 Å². The van der Waals surface area contributed by atoms with Gasteiger partial charge in [-0.25, -0.2) is 0 Å². The third-order valence-corrected chi connectivity index (χ3v) is 3.71. The second-order valence-corrected chi connectivity index (χ2v) is 5.38. The third kappa shape index (κ3) is 6.32. The Hall–Kier alpha value is -0.300. The second-order valence-electron chi connectivity index (χ2n) is 5.38. The van der Waals surface area contributed by atoms with Gasteiger partial charge in [-0.05, 0) is 37.6 Å². The Balaban J connectivity index is 3.89. The van der Waals surface area contributed by atoms with Crippen LogP contribution in [0.25, 0.3) is 0 Å². The van der Waals surface area contributed by atoms with Gasteiger partial charge in [-0.1, -0.05) is 46.6 Å². The van der Waals surface area contributed by atoms with Gasteiger partial charge in [0, 0.05) is 6.04 Å². The van der Waals surface area contributed by atoms with Crippen LogP contribution in [0.2, 0.25) is 0 Å². The maximum Gasteiger partial charge on any atom is 0.0118 e. The summed E-state index contributed by atoms with van der Waals surface area (Å²) in [6, 6.07) is 0.672. The normalized spacial score (nSPS) is 13.8. The molecule has 1 nitrogen and oxygen atoms in total. The van der Waals surface area contributed by atoms with Crippen molar-refractivity contribution in [2.24, 2.45) is 5.41 Å². The van der Waals surface area contributed by atoms with Crippen LogP contribution < -0.4 is 5.32 Å². The second kappa shape index (κ2) is 8.81. The van der Waals surface area contributed by atoms with Crippen molar-refractivity contribution in [2.45, 2.75) is 72.3 Å². The molecule has 0 aromatic carbocycles. The molecule has 0 spiro atoms. The van der Waals surface area contributed by atoms with Crippen molar-refractivity contribution in [1.82, 2.24) is 5.32 Å². The molecule has 1 atom stereocenters. The number of rotatable bonds is 10. The van der Waals surface area contributed by atoms with Crippen LogP contribution in [-0.4, -0.2) is 12.6 Å². The molecule has 0 heterocycles. The van der Waals surface area contributed by atoms with E-state index >= 15 is 0 Å². The third-order valence-electron chi connectivity index (χ3n) is 3.71. The predicted molar refractivity (Wildman–Crippen MR) is 74.8 cm³/mol. The lowest BCUT2D eigenvalue weighted by molar-refractivity contribution is 0.218. The fourth-order valence-corrected chi connectivity index (χ4v) is 2.08. The van der Waals surface area contributed by atoms with Crippen LogP contribution in [0.15, 0.2) is 12.7 Å². The molecule has 1 heteroatoms. The van der Waals surface area contributed by atoms with Crippen LogP contribution in [0.1, 0.15) is 66.2 Å². The van der Waals surface area contributed by atoms with Crippen molar-refractivity contribution in [2.75, 3.05) is 6.54 Å². The van der Waals surface area contributed by atoms with Gasteiger partial charge in [0.25, 0.3) is 0 Å². The standard InChI is InChI=1S/C15H31N/c1-6-9-10-11-12-13-14(16-8-3)15(4,5)7-2/h6,14,16H,1,7-13H2,2-5H3. The van der Waals surface area contributed by atoms with E-state index in [0.29, 0.717) is 11.5 Å². The highest BCUT2D eigenvalue weighted by molar-refractivity contribution is 4.82. The van der Waals surface area contributed by atoms with E-state index < -0.39 is 0 Å². The van der Waals surface area contributed by atoms with Crippen LogP contribution in [0, 0.1) is 5.41 Å². The van der Waals surface area contributed by atoms with E-state index in [0.717, 1.165) is 6.54 Å². The van der Waals surface area contributed by atoms with Crippen LogP contribution in [0.5, 0.6) is 0 Å². The summed E-state index contributed by atoms with van der Waals surface area (Å²) in [7, 11) is 0. The Morgan fingerprint density at radius 2 is 1.88 bits per heavy atom. The number of nitrogens with one attached hydrogen (secondary N) is 1. The van der Waals surface area contributed by atoms with Gasteiger partial charge >= 0.3 is 0 Å². The summed E-state index contributed by atoms with van der Waals surface area (Å²) in [6.07, 6.45) is 9.74. The van der Waals surface area contributed by atoms with Gasteiger partial charge in [0.2, 0.25) is 0 Å². The summed E-state index contributed by atoms with van der Waals surface area (Å²) in [5, 5.41) is 3.64. The van der Waals surface area contributed by atoms with Crippen molar-refractivity contribution in [3.05, 3.63) is 12.7 Å². The first-order chi connectivity index (χ1) is 7.58. The van der Waals surface area contributed by atoms with Crippen LogP contribution in [0.3, 0.4) is 0 Å². The highest BCUT2D eigenvalue weighted by Crippen LogP contribution is 2.28. The maximum absolute atomic E-state index is 3.76. The van der Waals surface area contributed by atoms with Crippen molar-refractivity contribution < 1.29 is 0 Å². The van der Waals surface area contributed by atoms with Gasteiger partial charge in [0.05, 0.1) is 0 Å². The fourth-order valence-electron chi connectivity index (χ4n) is 2.08. The quantitative estimate of drug-likeness (QED) is 0.425. The molecule has 0 amide bonds. The molecule has 0 aliphatic heterocycles. The molecule has 0 saturated carbocycles. The lowest BCUT2D eigenvalue weighted by Crippen LogP contribution is -2.41. The first-order valence-electron chi connectivity index (χ1n) is 6.92. The molecule has 0 rings (SSSR count). The average Bonchev–Trinajstić information content (AvgIpc) is 2.27. The van der Waals surface area contributed by atoms with E-state index in [4.69, 9.17) is 0 Å². The molecule has 0 bridgehead atoms. The molecule has 0 aliphatic rings. The number of unbranched alkanes of at least 4 members (excludes halogenated alkanes) is 3. The first kappa shape index (κ1) is 15.7. The molecular formula is C15H31N. The van der Waals surface area contributed by atoms with Gasteiger partial charge in [0.1, 0.15) is 0 Å². The Bertz CT molecular complexity index is 172. The monoisotopic (exact) mass is 225 g/mol. The van der Waals surface area contributed by atoms with Gasteiger partial charge < -0.3 is 5.32 Å². The Kier molecular flexibility index (Phi) is 8.64. The van der Waals surface area contributed by atoms with E-state index in [1.807, 2.05) is 6.08 Å². The molecule has 0 radical (unpaired) electrons. The molecule has 0 fully saturated rings. The highest BCUT2D eigenvalue weighted by atomic mass is 14.9. The van der Waals surface area contributed by atoms with Gasteiger partial charge in [-0.2, -0.15) is 0 Å². The van der Waals surface area contributed by atoms with E-state index in [1.165, 1.54) is 38.5 Å². The highest BCUT2D eigenvalue weighted by Gasteiger charge is 2.26. The molecule has 96 valence electrons. The molecule has 0 aromatic rings. The minimum absolute atomic E-state index is 0.425. The molecule has 1 unspecified atom stereocenters. The average molecular weight is 225 g/mol. The van der Waals surface area contributed by atoms with Gasteiger partial charge in [0.15, 0.2) is 0 Å². The van der Waals surface area contributed by atoms with E-state index in [1.54, 1.807) is 0 Å². The zero-order chi connectivity index (χ0) is 12.4. The molecule has 0 aromatic heterocycles. The summed E-state index contributed by atoms with van der Waals surface area (Å²) < 4.78 is 0. The maximum atomic E-state index is 3.76. The van der Waals surface area contributed by atoms with E-state index in [9.17, 15) is 0 Å². The topological polar surface area (TPSA) is 12.0 Å². The fraction of sp³-hybridized carbons (Fsp3) is 0.867. The van der Waals surface area contributed by atoms with Crippen molar-refractivity contribution in [1.29, 1.82) is 0 Å². The van der Waals surface area contributed by atoms with Gasteiger partial charge in [-0.3, -0.25) is 0 Å². The molecular weight excluding hydrogens is 194 g/mol. The summed E-state index contributed by atoms with van der Waals surface area (Å²) >= 11 is 0. The zero-order valence-corrected chi connectivity index (χ0v) is 11.8. The number of allylic oxidation sites excluding steroid dienone is 1. The van der Waals surface area contributed by atoms with Crippen molar-refractivity contribution in [3.8, 4) is 0 Å². The Morgan fingerprint density at radius 1 is 1.19 bits per heavy atom. The minimum atomic E-state index is 0.425. The summed E-state index contributed by atoms with van der Waals surface area (Å²) in [5.74, 6) is 0. The molecule has 0 saturated heterocycles. The Labute approximate surface area is 103 Å². The summed E-state index contributed by atoms with van der Waals surface area (Å²) in [5.41, 5.74) is 0.425. The molecule has 16 heavy (non-hydrogen) atoms. The lowest BCUT2D eigenvalue weighted by atomic mass is 9.79. The predicted octanol–water partition coefficient (Wildman–Crippen LogP) is 4.54. The molecule has 0 aliphatic carbocycles. The zero-order valence-electron chi connectivity index (χ0n) is 11.8. The largest absolute Gasteiger partial charge is 0.314 e. The lowest BCUT2D eigenvalue weighted by Gasteiger charge is -2.34. The SMILES string of the molecule is C=CCCCCCC(NCC)C(C)(C)CC. The summed E-state index contributed by atoms with van der Waals surface area (Å²) in [4.78, 5) is 0. The van der Waals surface area contributed by atoms with Crippen LogP contribution in [-0.2, 0) is 0 Å². The van der Waals surface area contributed by atoms with E-state index in [-0.39, 0.29) is 0 Å². The van der Waals surface area contributed by atoms with E-state index in [2.05, 4.69) is 39.6 Å². The van der Waals surface area contributed by atoms with Gasteiger partial charge in [-0.15, -0.1) is 6.58 Å². The van der Waals surface area contributed by atoms with Crippen molar-refractivity contribution >= 4 is 0 Å². The first-order valence-corrected chi connectivity index (χ1v) is 6.92. The van der Waals surface area contributed by atoms with Crippen molar-refractivity contribution in [3.63, 3.8) is 0 Å². The number of hydrogen-bond acceptors (Lipinski definition) is 1.